The number of aromatic nitrogens is 1. The van der Waals surface area contributed by atoms with E-state index in [9.17, 15) is 0 Å². The summed E-state index contributed by atoms with van der Waals surface area (Å²) in [6.07, 6.45) is 2.47. The molecule has 96 valence electrons. The van der Waals surface area contributed by atoms with E-state index in [0.717, 1.165) is 11.4 Å². The Balaban J connectivity index is 2.25. The lowest BCUT2D eigenvalue weighted by Crippen LogP contribution is -2.15. The Kier molecular flexibility index (Phi) is 5.41. The van der Waals surface area contributed by atoms with Crippen molar-refractivity contribution >= 4 is 43.5 Å². The Morgan fingerprint density at radius 2 is 1.89 bits per heavy atom. The molecular formula is C14H12IN3S. The van der Waals surface area contributed by atoms with Crippen LogP contribution in [-0.4, -0.2) is 13.7 Å². The van der Waals surface area contributed by atoms with Gasteiger partial charge in [-0.2, -0.15) is 5.10 Å². The highest BCUT2D eigenvalue weighted by atomic mass is 127. The van der Waals surface area contributed by atoms with Gasteiger partial charge in [0.25, 0.3) is 0 Å². The molecule has 0 atom stereocenters. The summed E-state index contributed by atoms with van der Waals surface area (Å²) in [6.45, 7) is 0. The van der Waals surface area contributed by atoms with Gasteiger partial charge in [-0.1, -0.05) is 48.6 Å². The van der Waals surface area contributed by atoms with Crippen molar-refractivity contribution in [3.05, 3.63) is 66.0 Å². The van der Waals surface area contributed by atoms with Crippen LogP contribution in [0.2, 0.25) is 0 Å². The van der Waals surface area contributed by atoms with Crippen LogP contribution in [-0.2, 0) is 6.42 Å². The maximum atomic E-state index is 4.98. The molecule has 0 spiro atoms. The fraction of sp³-hybridized carbons (Fsp3) is 0.0714. The van der Waals surface area contributed by atoms with Crippen LogP contribution >= 0.6 is 34.8 Å². The molecule has 0 radical (unpaired) electrons. The van der Waals surface area contributed by atoms with E-state index in [4.69, 9.17) is 12.2 Å². The lowest BCUT2D eigenvalue weighted by Gasteiger charge is -2.06. The van der Waals surface area contributed by atoms with Crippen molar-refractivity contribution < 1.29 is 0 Å². The molecule has 5 heteroatoms. The van der Waals surface area contributed by atoms with Crippen LogP contribution in [0, 0.1) is 0 Å². The van der Waals surface area contributed by atoms with E-state index in [-0.39, 0.29) is 0 Å². The lowest BCUT2D eigenvalue weighted by atomic mass is 10.1. The number of hydrogen-bond donors (Lipinski definition) is 1. The standard InChI is InChI=1S/C14H12IN3S/c15-14(19)18-17-13(12-8-4-5-9-16-12)10-11-6-2-1-3-7-11/h1-9H,10H2,(H,18,19)/b17-13+. The number of nitrogens with zero attached hydrogens (tertiary/aromatic N) is 2. The highest BCUT2D eigenvalue weighted by Crippen LogP contribution is 2.06. The minimum absolute atomic E-state index is 0.610. The van der Waals surface area contributed by atoms with Gasteiger partial charge in [0.05, 0.1) is 11.4 Å². The summed E-state index contributed by atoms with van der Waals surface area (Å²) in [6, 6.07) is 16.0. The summed E-state index contributed by atoms with van der Waals surface area (Å²) in [5.74, 6) is 0. The Labute approximate surface area is 131 Å². The molecule has 0 saturated carbocycles. The van der Waals surface area contributed by atoms with Gasteiger partial charge >= 0.3 is 0 Å². The average molecular weight is 381 g/mol. The Morgan fingerprint density at radius 3 is 2.53 bits per heavy atom. The van der Waals surface area contributed by atoms with Crippen LogP contribution in [0.5, 0.6) is 0 Å². The van der Waals surface area contributed by atoms with Gasteiger partial charge in [0.1, 0.15) is 0 Å². The number of hydrazone groups is 1. The molecule has 1 aromatic heterocycles. The molecule has 3 nitrogen and oxygen atoms in total. The van der Waals surface area contributed by atoms with Crippen molar-refractivity contribution in [2.75, 3.05) is 0 Å². The number of thiocarbonyl (C=S) groups is 1. The zero-order valence-corrected chi connectivity index (χ0v) is 13.1. The van der Waals surface area contributed by atoms with E-state index < -0.39 is 0 Å². The highest BCUT2D eigenvalue weighted by Gasteiger charge is 2.06. The van der Waals surface area contributed by atoms with Gasteiger partial charge in [0.2, 0.25) is 0 Å². The van der Waals surface area contributed by atoms with Crippen molar-refractivity contribution in [3.63, 3.8) is 0 Å². The third-order valence-corrected chi connectivity index (χ3v) is 2.79. The first-order valence-corrected chi connectivity index (χ1v) is 7.22. The van der Waals surface area contributed by atoms with E-state index in [1.807, 2.05) is 59.0 Å². The van der Waals surface area contributed by atoms with Crippen LogP contribution in [0.15, 0.2) is 59.8 Å². The fourth-order valence-corrected chi connectivity index (χ4v) is 1.79. The Morgan fingerprint density at radius 1 is 1.16 bits per heavy atom. The normalized spacial score (nSPS) is 11.1. The molecule has 19 heavy (non-hydrogen) atoms. The third kappa shape index (κ3) is 4.68. The SMILES string of the molecule is S=C(I)N/N=C(\Cc1ccccc1)c1ccccn1. The van der Waals surface area contributed by atoms with Gasteiger partial charge in [-0.3, -0.25) is 10.4 Å². The first kappa shape index (κ1) is 14.1. The van der Waals surface area contributed by atoms with Crippen molar-refractivity contribution in [1.82, 2.24) is 10.4 Å². The maximum absolute atomic E-state index is 4.98. The predicted molar refractivity (Wildman–Crippen MR) is 90.7 cm³/mol. The summed E-state index contributed by atoms with van der Waals surface area (Å²) >= 11 is 7.00. The minimum atomic E-state index is 0.610. The number of hydrogen-bond acceptors (Lipinski definition) is 3. The lowest BCUT2D eigenvalue weighted by molar-refractivity contribution is 1.04. The van der Waals surface area contributed by atoms with Crippen LogP contribution in [0.1, 0.15) is 11.3 Å². The second-order valence-electron chi connectivity index (χ2n) is 3.82. The minimum Gasteiger partial charge on any atom is -0.262 e. The average Bonchev–Trinajstić information content (AvgIpc) is 2.45. The van der Waals surface area contributed by atoms with Crippen LogP contribution in [0.25, 0.3) is 0 Å². The van der Waals surface area contributed by atoms with Gasteiger partial charge in [0.15, 0.2) is 3.00 Å². The quantitative estimate of drug-likeness (QED) is 0.221. The van der Waals surface area contributed by atoms with Crippen LogP contribution in [0.3, 0.4) is 0 Å². The van der Waals surface area contributed by atoms with Crippen molar-refractivity contribution in [2.24, 2.45) is 5.10 Å². The second-order valence-corrected chi connectivity index (χ2v) is 6.04. The predicted octanol–water partition coefficient (Wildman–Crippen LogP) is 3.34. The molecule has 2 rings (SSSR count). The summed E-state index contributed by atoms with van der Waals surface area (Å²) in [7, 11) is 0. The monoisotopic (exact) mass is 381 g/mol. The summed E-state index contributed by atoms with van der Waals surface area (Å²) in [5.41, 5.74) is 5.74. The Hall–Kier alpha value is -1.34. The van der Waals surface area contributed by atoms with Crippen LogP contribution < -0.4 is 5.43 Å². The fourth-order valence-electron chi connectivity index (χ4n) is 1.62. The molecule has 1 N–H and O–H groups in total. The number of halogens is 1. The van der Waals surface area contributed by atoms with E-state index in [0.29, 0.717) is 9.42 Å². The van der Waals surface area contributed by atoms with E-state index in [1.54, 1.807) is 6.20 Å². The molecule has 0 fully saturated rings. The van der Waals surface area contributed by atoms with E-state index in [1.165, 1.54) is 5.56 Å². The molecule has 1 heterocycles. The molecule has 0 aliphatic rings. The highest BCUT2D eigenvalue weighted by molar-refractivity contribution is 14.1. The zero-order valence-electron chi connectivity index (χ0n) is 10.1. The molecular weight excluding hydrogens is 369 g/mol. The molecule has 0 aliphatic carbocycles. The first-order chi connectivity index (χ1) is 9.25. The third-order valence-electron chi connectivity index (χ3n) is 2.45. The second kappa shape index (κ2) is 7.30. The van der Waals surface area contributed by atoms with Crippen molar-refractivity contribution in [2.45, 2.75) is 6.42 Å². The molecule has 0 bridgehead atoms. The molecule has 0 amide bonds. The number of pyridine rings is 1. The van der Waals surface area contributed by atoms with Crippen LogP contribution in [0.4, 0.5) is 0 Å². The molecule has 0 aliphatic heterocycles. The Bertz CT molecular complexity index is 570. The maximum Gasteiger partial charge on any atom is 0.157 e. The van der Waals surface area contributed by atoms with Gasteiger partial charge < -0.3 is 0 Å². The van der Waals surface area contributed by atoms with Gasteiger partial charge in [0, 0.05) is 12.6 Å². The molecule has 0 unspecified atom stereocenters. The van der Waals surface area contributed by atoms with Gasteiger partial charge in [-0.05, 0) is 40.3 Å². The number of nitrogens with one attached hydrogen (secondary N) is 1. The van der Waals surface area contributed by atoms with Crippen molar-refractivity contribution in [1.29, 1.82) is 0 Å². The summed E-state index contributed by atoms with van der Waals surface area (Å²) < 4.78 is 0.610. The van der Waals surface area contributed by atoms with E-state index >= 15 is 0 Å². The van der Waals surface area contributed by atoms with Gasteiger partial charge in [-0.25, -0.2) is 0 Å². The molecule has 1 aromatic carbocycles. The van der Waals surface area contributed by atoms with E-state index in [2.05, 4.69) is 27.6 Å². The first-order valence-electron chi connectivity index (χ1n) is 5.73. The molecule has 2 aromatic rings. The van der Waals surface area contributed by atoms with Crippen molar-refractivity contribution in [3.8, 4) is 0 Å². The smallest absolute Gasteiger partial charge is 0.157 e. The topological polar surface area (TPSA) is 37.3 Å². The molecule has 0 saturated heterocycles. The van der Waals surface area contributed by atoms with Gasteiger partial charge in [-0.15, -0.1) is 0 Å². The zero-order chi connectivity index (χ0) is 13.5. The number of benzene rings is 1. The summed E-state index contributed by atoms with van der Waals surface area (Å²) in [5, 5.41) is 4.34. The summed E-state index contributed by atoms with van der Waals surface area (Å²) in [4.78, 5) is 4.34. The largest absolute Gasteiger partial charge is 0.262 e. The number of rotatable bonds is 4.